The van der Waals surface area contributed by atoms with Gasteiger partial charge in [-0.05, 0) is 6.92 Å². The lowest BCUT2D eigenvalue weighted by atomic mass is 10.2. The molecule has 1 N–H and O–H groups in total. The molecule has 0 aromatic heterocycles. The molecule has 9 heteroatoms. The first-order valence-corrected chi connectivity index (χ1v) is 4.33. The van der Waals surface area contributed by atoms with Crippen LogP contribution in [-0.2, 0) is 14.3 Å². The van der Waals surface area contributed by atoms with Crippen molar-refractivity contribution in [3.8, 4) is 0 Å². The summed E-state index contributed by atoms with van der Waals surface area (Å²) in [7, 11) is 0.594. The van der Waals surface area contributed by atoms with Gasteiger partial charge >= 0.3 is 17.9 Å². The summed E-state index contributed by atoms with van der Waals surface area (Å²) in [6.45, 7) is -0.699. The van der Waals surface area contributed by atoms with Gasteiger partial charge < -0.3 is 14.6 Å². The Bertz CT molecular complexity index is 272. The van der Waals surface area contributed by atoms with Crippen LogP contribution in [0.25, 0.3) is 0 Å². The van der Waals surface area contributed by atoms with E-state index in [1.165, 1.54) is 0 Å². The first-order chi connectivity index (χ1) is 7.44. The van der Waals surface area contributed by atoms with Crippen molar-refractivity contribution >= 4 is 5.97 Å². The molecular formula is C8H11F5O4. The minimum atomic E-state index is -5.48. The van der Waals surface area contributed by atoms with Gasteiger partial charge in [0.2, 0.25) is 5.92 Å². The van der Waals surface area contributed by atoms with Crippen molar-refractivity contribution in [2.45, 2.75) is 31.2 Å². The minimum absolute atomic E-state index is 0.459. The van der Waals surface area contributed by atoms with Crippen LogP contribution in [0.4, 0.5) is 22.0 Å². The van der Waals surface area contributed by atoms with Gasteiger partial charge in [0.15, 0.2) is 0 Å². The van der Waals surface area contributed by atoms with E-state index in [9.17, 15) is 26.7 Å². The molecule has 0 aliphatic carbocycles. The van der Waals surface area contributed by atoms with E-state index < -0.39 is 36.9 Å². The molecule has 0 aromatic rings. The van der Waals surface area contributed by atoms with Gasteiger partial charge in [-0.15, -0.1) is 0 Å². The predicted octanol–water partition coefficient (Wildman–Crippen LogP) is 1.47. The Hall–Kier alpha value is -0.960. The molecular weight excluding hydrogens is 255 g/mol. The topological polar surface area (TPSA) is 55.8 Å². The number of esters is 1. The highest BCUT2D eigenvalue weighted by molar-refractivity contribution is 5.78. The summed E-state index contributed by atoms with van der Waals surface area (Å²) < 4.78 is 69.0. The van der Waals surface area contributed by atoms with E-state index in [-0.39, 0.29) is 0 Å². The third kappa shape index (κ3) is 4.43. The Balaban J connectivity index is 4.70. The first-order valence-electron chi connectivity index (χ1n) is 4.33. The molecule has 102 valence electrons. The maximum Gasteiger partial charge on any atom is 0.455 e. The standard InChI is InChI=1S/C8H11F5O4/c1-6(9,10)3-4-17-7(15,5(14)16-2)8(11,12)13/h15H,3-4H2,1-2H3. The summed E-state index contributed by atoms with van der Waals surface area (Å²) >= 11 is 0. The number of alkyl halides is 5. The molecule has 0 rings (SSSR count). The van der Waals surface area contributed by atoms with Crippen molar-refractivity contribution in [3.05, 3.63) is 0 Å². The lowest BCUT2D eigenvalue weighted by Gasteiger charge is -2.27. The van der Waals surface area contributed by atoms with E-state index in [2.05, 4.69) is 9.47 Å². The van der Waals surface area contributed by atoms with E-state index in [0.717, 1.165) is 0 Å². The van der Waals surface area contributed by atoms with Crippen molar-refractivity contribution in [1.82, 2.24) is 0 Å². The number of ether oxygens (including phenoxy) is 2. The van der Waals surface area contributed by atoms with Crippen LogP contribution in [0, 0.1) is 0 Å². The van der Waals surface area contributed by atoms with Crippen LogP contribution in [0.5, 0.6) is 0 Å². The second kappa shape index (κ2) is 5.13. The first kappa shape index (κ1) is 16.0. The Morgan fingerprint density at radius 1 is 1.24 bits per heavy atom. The van der Waals surface area contributed by atoms with Crippen LogP contribution in [-0.4, -0.2) is 42.7 Å². The van der Waals surface area contributed by atoms with Crippen molar-refractivity contribution in [2.75, 3.05) is 13.7 Å². The fraction of sp³-hybridized carbons (Fsp3) is 0.875. The van der Waals surface area contributed by atoms with Crippen molar-refractivity contribution in [1.29, 1.82) is 0 Å². The van der Waals surface area contributed by atoms with Gasteiger partial charge in [-0.1, -0.05) is 0 Å². The Kier molecular flexibility index (Phi) is 4.84. The summed E-state index contributed by atoms with van der Waals surface area (Å²) in [6.07, 6.45) is -6.56. The second-order valence-corrected chi connectivity index (χ2v) is 3.30. The van der Waals surface area contributed by atoms with Crippen LogP contribution >= 0.6 is 0 Å². The Morgan fingerprint density at radius 3 is 2.00 bits per heavy atom. The van der Waals surface area contributed by atoms with E-state index in [1.54, 1.807) is 0 Å². The minimum Gasteiger partial charge on any atom is -0.465 e. The lowest BCUT2D eigenvalue weighted by molar-refractivity contribution is -0.353. The SMILES string of the molecule is COC(=O)C(O)(OCCC(C)(F)F)C(F)(F)F. The number of aliphatic hydroxyl groups is 1. The fourth-order valence-corrected chi connectivity index (χ4v) is 0.773. The molecule has 0 aliphatic rings. The van der Waals surface area contributed by atoms with Gasteiger partial charge in [0.05, 0.1) is 13.7 Å². The number of methoxy groups -OCH3 is 1. The molecule has 1 unspecified atom stereocenters. The summed E-state index contributed by atoms with van der Waals surface area (Å²) in [5.74, 6) is -9.63. The molecule has 0 bridgehead atoms. The van der Waals surface area contributed by atoms with Gasteiger partial charge in [0.1, 0.15) is 0 Å². The number of hydrogen-bond donors (Lipinski definition) is 1. The third-order valence-electron chi connectivity index (χ3n) is 1.70. The summed E-state index contributed by atoms with van der Waals surface area (Å²) in [5, 5.41) is 8.95. The highest BCUT2D eigenvalue weighted by Crippen LogP contribution is 2.33. The van der Waals surface area contributed by atoms with Gasteiger partial charge in [0.25, 0.3) is 0 Å². The molecule has 0 heterocycles. The molecule has 4 nitrogen and oxygen atoms in total. The molecule has 0 saturated carbocycles. The van der Waals surface area contributed by atoms with Crippen molar-refractivity contribution in [3.63, 3.8) is 0 Å². The van der Waals surface area contributed by atoms with Crippen LogP contribution in [0.1, 0.15) is 13.3 Å². The zero-order valence-corrected chi connectivity index (χ0v) is 8.98. The zero-order valence-electron chi connectivity index (χ0n) is 8.98. The highest BCUT2D eigenvalue weighted by Gasteiger charge is 2.63. The maximum atomic E-state index is 12.3. The number of carbonyl (C=O) groups is 1. The Morgan fingerprint density at radius 2 is 1.71 bits per heavy atom. The highest BCUT2D eigenvalue weighted by atomic mass is 19.4. The number of halogens is 5. The van der Waals surface area contributed by atoms with Gasteiger partial charge in [-0.3, -0.25) is 0 Å². The molecule has 0 radical (unpaired) electrons. The predicted molar refractivity (Wildman–Crippen MR) is 44.2 cm³/mol. The van der Waals surface area contributed by atoms with Crippen LogP contribution in [0.3, 0.4) is 0 Å². The van der Waals surface area contributed by atoms with Crippen molar-refractivity contribution in [2.24, 2.45) is 0 Å². The summed E-state index contributed by atoms with van der Waals surface area (Å²) in [6, 6.07) is 0. The third-order valence-corrected chi connectivity index (χ3v) is 1.70. The molecule has 1 atom stereocenters. The van der Waals surface area contributed by atoms with E-state index in [0.29, 0.717) is 14.0 Å². The van der Waals surface area contributed by atoms with Crippen LogP contribution in [0.2, 0.25) is 0 Å². The van der Waals surface area contributed by atoms with Gasteiger partial charge in [0, 0.05) is 6.42 Å². The maximum absolute atomic E-state index is 12.3. The van der Waals surface area contributed by atoms with Gasteiger partial charge in [-0.2, -0.15) is 13.2 Å². The lowest BCUT2D eigenvalue weighted by Crippen LogP contribution is -2.55. The summed E-state index contributed by atoms with van der Waals surface area (Å²) in [4.78, 5) is 10.7. The quantitative estimate of drug-likeness (QED) is 0.465. The monoisotopic (exact) mass is 266 g/mol. The Labute approximate surface area is 93.3 Å². The van der Waals surface area contributed by atoms with E-state index in [4.69, 9.17) is 5.11 Å². The number of hydrogen-bond acceptors (Lipinski definition) is 4. The largest absolute Gasteiger partial charge is 0.465 e. The fourth-order valence-electron chi connectivity index (χ4n) is 0.773. The average molecular weight is 266 g/mol. The second-order valence-electron chi connectivity index (χ2n) is 3.30. The van der Waals surface area contributed by atoms with Crippen LogP contribution in [0.15, 0.2) is 0 Å². The van der Waals surface area contributed by atoms with Crippen molar-refractivity contribution < 1.29 is 41.3 Å². The molecule has 17 heavy (non-hydrogen) atoms. The number of carbonyl (C=O) groups excluding carboxylic acids is 1. The smallest absolute Gasteiger partial charge is 0.455 e. The summed E-state index contributed by atoms with van der Waals surface area (Å²) in [5.41, 5.74) is 0. The molecule has 0 aromatic carbocycles. The molecule has 0 amide bonds. The van der Waals surface area contributed by atoms with Crippen LogP contribution < -0.4 is 0 Å². The zero-order chi connectivity index (χ0) is 13.9. The average Bonchev–Trinajstić information content (AvgIpc) is 2.12. The molecule has 0 spiro atoms. The molecule has 0 saturated heterocycles. The van der Waals surface area contributed by atoms with E-state index in [1.807, 2.05) is 0 Å². The normalized spacial score (nSPS) is 16.5. The molecule has 0 fully saturated rings. The van der Waals surface area contributed by atoms with E-state index >= 15 is 0 Å². The molecule has 0 aliphatic heterocycles. The number of rotatable bonds is 5. The van der Waals surface area contributed by atoms with Gasteiger partial charge in [-0.25, -0.2) is 13.6 Å².